The Hall–Kier alpha value is -1.98. The van der Waals surface area contributed by atoms with E-state index in [0.717, 1.165) is 11.3 Å². The van der Waals surface area contributed by atoms with Gasteiger partial charge in [0.2, 0.25) is 0 Å². The Morgan fingerprint density at radius 1 is 1.30 bits per heavy atom. The molecule has 2 rings (SSSR count). The van der Waals surface area contributed by atoms with Crippen molar-refractivity contribution in [2.45, 2.75) is 13.0 Å². The topological polar surface area (TPSA) is 75.1 Å². The Kier molecular flexibility index (Phi) is 4.65. The molecule has 0 aliphatic carbocycles. The van der Waals surface area contributed by atoms with E-state index in [2.05, 4.69) is 15.3 Å². The lowest BCUT2D eigenvalue weighted by Gasteiger charge is -2.16. The second-order valence-electron chi connectivity index (χ2n) is 4.30. The summed E-state index contributed by atoms with van der Waals surface area (Å²) in [6, 6.07) is 6.41. The highest BCUT2D eigenvalue weighted by molar-refractivity contribution is 6.30. The van der Waals surface area contributed by atoms with Crippen molar-refractivity contribution >= 4 is 17.5 Å². The minimum Gasteiger partial charge on any atom is -0.394 e. The van der Waals surface area contributed by atoms with Crippen LogP contribution in [0.2, 0.25) is 5.02 Å². The molecule has 0 saturated heterocycles. The van der Waals surface area contributed by atoms with Gasteiger partial charge in [-0.2, -0.15) is 0 Å². The maximum atomic E-state index is 12.0. The molecule has 1 amide bonds. The quantitative estimate of drug-likeness (QED) is 0.902. The Bertz CT molecular complexity index is 584. The van der Waals surface area contributed by atoms with Crippen molar-refractivity contribution in [3.05, 3.63) is 58.6 Å². The third-order valence-electron chi connectivity index (χ3n) is 2.77. The lowest BCUT2D eigenvalue weighted by Crippen LogP contribution is -2.31. The lowest BCUT2D eigenvalue weighted by atomic mass is 10.1. The number of carbonyl (C=O) groups is 1. The minimum atomic E-state index is -0.511. The van der Waals surface area contributed by atoms with E-state index in [0.29, 0.717) is 5.02 Å². The van der Waals surface area contributed by atoms with E-state index < -0.39 is 6.04 Å². The van der Waals surface area contributed by atoms with E-state index in [1.165, 1.54) is 12.4 Å². The molecule has 2 aromatic rings. The summed E-state index contributed by atoms with van der Waals surface area (Å²) in [5, 5.41) is 12.7. The van der Waals surface area contributed by atoms with Gasteiger partial charge in [0.15, 0.2) is 0 Å². The summed E-state index contributed by atoms with van der Waals surface area (Å²) in [5.41, 5.74) is 1.71. The first-order chi connectivity index (χ1) is 9.60. The van der Waals surface area contributed by atoms with Gasteiger partial charge in [0, 0.05) is 11.2 Å². The van der Waals surface area contributed by atoms with Gasteiger partial charge in [-0.15, -0.1) is 0 Å². The van der Waals surface area contributed by atoms with Gasteiger partial charge in [0.05, 0.1) is 24.5 Å². The van der Waals surface area contributed by atoms with Crippen LogP contribution in [0.25, 0.3) is 0 Å². The van der Waals surface area contributed by atoms with Gasteiger partial charge in [0.25, 0.3) is 5.91 Å². The van der Waals surface area contributed by atoms with Crippen LogP contribution in [-0.4, -0.2) is 27.6 Å². The SMILES string of the molecule is Cc1cnc(C(=O)NC(CO)c2ccc(Cl)cc2)cn1. The number of aliphatic hydroxyl groups excluding tert-OH is 1. The van der Waals surface area contributed by atoms with Crippen LogP contribution in [0.4, 0.5) is 0 Å². The van der Waals surface area contributed by atoms with Crippen LogP contribution in [0.1, 0.15) is 27.8 Å². The molecular formula is C14H14ClN3O2. The number of hydrogen-bond acceptors (Lipinski definition) is 4. The smallest absolute Gasteiger partial charge is 0.272 e. The molecule has 5 nitrogen and oxygen atoms in total. The molecule has 0 fully saturated rings. The van der Waals surface area contributed by atoms with E-state index in [-0.39, 0.29) is 18.2 Å². The Labute approximate surface area is 121 Å². The molecule has 0 spiro atoms. The van der Waals surface area contributed by atoms with Crippen LogP contribution in [0.3, 0.4) is 0 Å². The number of halogens is 1. The van der Waals surface area contributed by atoms with Gasteiger partial charge in [-0.25, -0.2) is 4.98 Å². The summed E-state index contributed by atoms with van der Waals surface area (Å²) < 4.78 is 0. The van der Waals surface area contributed by atoms with Crippen molar-refractivity contribution in [3.63, 3.8) is 0 Å². The Morgan fingerprint density at radius 2 is 2.00 bits per heavy atom. The van der Waals surface area contributed by atoms with Gasteiger partial charge < -0.3 is 10.4 Å². The normalized spacial score (nSPS) is 11.9. The highest BCUT2D eigenvalue weighted by atomic mass is 35.5. The molecule has 0 aliphatic rings. The number of aromatic nitrogens is 2. The van der Waals surface area contributed by atoms with Crippen LogP contribution in [0.15, 0.2) is 36.7 Å². The number of hydrogen-bond donors (Lipinski definition) is 2. The number of aliphatic hydroxyl groups is 1. The van der Waals surface area contributed by atoms with Gasteiger partial charge in [-0.3, -0.25) is 9.78 Å². The van der Waals surface area contributed by atoms with Crippen molar-refractivity contribution in [2.75, 3.05) is 6.61 Å². The molecule has 0 aliphatic heterocycles. The Morgan fingerprint density at radius 3 is 2.55 bits per heavy atom. The van der Waals surface area contributed by atoms with Crippen LogP contribution in [-0.2, 0) is 0 Å². The zero-order chi connectivity index (χ0) is 14.5. The fourth-order valence-electron chi connectivity index (χ4n) is 1.67. The van der Waals surface area contributed by atoms with Crippen molar-refractivity contribution in [1.82, 2.24) is 15.3 Å². The number of rotatable bonds is 4. The second kappa shape index (κ2) is 6.45. The standard InChI is InChI=1S/C14H14ClN3O2/c1-9-6-17-12(7-16-9)14(20)18-13(8-19)10-2-4-11(15)5-3-10/h2-7,13,19H,8H2,1H3,(H,18,20). The van der Waals surface area contributed by atoms with Gasteiger partial charge in [0.1, 0.15) is 5.69 Å². The van der Waals surface area contributed by atoms with Gasteiger partial charge in [-0.1, -0.05) is 23.7 Å². The maximum Gasteiger partial charge on any atom is 0.272 e. The first-order valence-electron chi connectivity index (χ1n) is 6.06. The summed E-state index contributed by atoms with van der Waals surface area (Å²) >= 11 is 5.81. The molecule has 1 heterocycles. The molecule has 104 valence electrons. The van der Waals surface area contributed by atoms with E-state index in [9.17, 15) is 9.90 Å². The van der Waals surface area contributed by atoms with Crippen LogP contribution >= 0.6 is 11.6 Å². The van der Waals surface area contributed by atoms with Crippen LogP contribution in [0, 0.1) is 6.92 Å². The molecule has 1 atom stereocenters. The maximum absolute atomic E-state index is 12.0. The highest BCUT2D eigenvalue weighted by Gasteiger charge is 2.16. The molecule has 1 aromatic carbocycles. The molecule has 2 N–H and O–H groups in total. The number of nitrogens with one attached hydrogen (secondary N) is 1. The van der Waals surface area contributed by atoms with E-state index >= 15 is 0 Å². The first-order valence-corrected chi connectivity index (χ1v) is 6.44. The molecule has 0 saturated carbocycles. The molecule has 0 bridgehead atoms. The highest BCUT2D eigenvalue weighted by Crippen LogP contribution is 2.16. The first kappa shape index (κ1) is 14.4. The number of aryl methyl sites for hydroxylation is 1. The molecular weight excluding hydrogens is 278 g/mol. The Balaban J connectivity index is 2.11. The molecule has 20 heavy (non-hydrogen) atoms. The van der Waals surface area contributed by atoms with Crippen LogP contribution < -0.4 is 5.32 Å². The average molecular weight is 292 g/mol. The molecule has 1 aromatic heterocycles. The fraction of sp³-hybridized carbons (Fsp3) is 0.214. The summed E-state index contributed by atoms with van der Waals surface area (Å²) in [6.45, 7) is 1.57. The summed E-state index contributed by atoms with van der Waals surface area (Å²) in [5.74, 6) is -0.383. The fourth-order valence-corrected chi connectivity index (χ4v) is 1.80. The number of nitrogens with zero attached hydrogens (tertiary/aromatic N) is 2. The third kappa shape index (κ3) is 3.53. The van der Waals surface area contributed by atoms with Crippen molar-refractivity contribution in [3.8, 4) is 0 Å². The zero-order valence-corrected chi connectivity index (χ0v) is 11.6. The predicted molar refractivity (Wildman–Crippen MR) is 75.5 cm³/mol. The third-order valence-corrected chi connectivity index (χ3v) is 3.03. The monoisotopic (exact) mass is 291 g/mol. The summed E-state index contributed by atoms with van der Waals surface area (Å²) in [6.07, 6.45) is 2.92. The van der Waals surface area contributed by atoms with Crippen molar-refractivity contribution in [1.29, 1.82) is 0 Å². The number of benzene rings is 1. The zero-order valence-electron chi connectivity index (χ0n) is 10.9. The van der Waals surface area contributed by atoms with Gasteiger partial charge in [-0.05, 0) is 24.6 Å². The second-order valence-corrected chi connectivity index (χ2v) is 4.74. The van der Waals surface area contributed by atoms with Crippen molar-refractivity contribution in [2.24, 2.45) is 0 Å². The predicted octanol–water partition coefficient (Wildman–Crippen LogP) is 1.90. The largest absolute Gasteiger partial charge is 0.394 e. The minimum absolute atomic E-state index is 0.211. The van der Waals surface area contributed by atoms with Crippen LogP contribution in [0.5, 0.6) is 0 Å². The number of amides is 1. The number of carbonyl (C=O) groups excluding carboxylic acids is 1. The lowest BCUT2D eigenvalue weighted by molar-refractivity contribution is 0.0910. The van der Waals surface area contributed by atoms with E-state index in [1.807, 2.05) is 0 Å². The van der Waals surface area contributed by atoms with Gasteiger partial charge >= 0.3 is 0 Å². The van der Waals surface area contributed by atoms with Crippen molar-refractivity contribution < 1.29 is 9.90 Å². The molecule has 0 radical (unpaired) electrons. The molecule has 6 heteroatoms. The average Bonchev–Trinajstić information content (AvgIpc) is 2.46. The molecule has 1 unspecified atom stereocenters. The van der Waals surface area contributed by atoms with E-state index in [4.69, 9.17) is 11.6 Å². The van der Waals surface area contributed by atoms with E-state index in [1.54, 1.807) is 31.2 Å². The summed E-state index contributed by atoms with van der Waals surface area (Å²) in [4.78, 5) is 20.0. The summed E-state index contributed by atoms with van der Waals surface area (Å²) in [7, 11) is 0.